The van der Waals surface area contributed by atoms with E-state index in [9.17, 15) is 0 Å². The van der Waals surface area contributed by atoms with Crippen LogP contribution in [0, 0.1) is 0 Å². The summed E-state index contributed by atoms with van der Waals surface area (Å²) in [5.41, 5.74) is 6.93. The second-order valence-corrected chi connectivity index (χ2v) is 6.11. The molecule has 0 bridgehead atoms. The molecule has 0 amide bonds. The average Bonchev–Trinajstić information content (AvgIpc) is 2.45. The third kappa shape index (κ3) is 3.86. The maximum atomic E-state index is 6.31. The SMILES string of the molecule is CN(CC1CCCCO1)C(CN)c1cccc(Cl)c1Cl. The van der Waals surface area contributed by atoms with Gasteiger partial charge in [-0.25, -0.2) is 0 Å². The van der Waals surface area contributed by atoms with Crippen LogP contribution >= 0.6 is 23.2 Å². The highest BCUT2D eigenvalue weighted by atomic mass is 35.5. The van der Waals surface area contributed by atoms with Crippen LogP contribution in [0.15, 0.2) is 18.2 Å². The molecule has 1 aromatic rings. The first-order valence-corrected chi connectivity index (χ1v) is 7.85. The summed E-state index contributed by atoms with van der Waals surface area (Å²) < 4.78 is 5.79. The van der Waals surface area contributed by atoms with Gasteiger partial charge in [0.1, 0.15) is 0 Å². The van der Waals surface area contributed by atoms with Gasteiger partial charge < -0.3 is 10.5 Å². The van der Waals surface area contributed by atoms with Crippen molar-refractivity contribution in [2.45, 2.75) is 31.4 Å². The van der Waals surface area contributed by atoms with Gasteiger partial charge in [0, 0.05) is 25.7 Å². The van der Waals surface area contributed by atoms with Crippen molar-refractivity contribution >= 4 is 23.2 Å². The van der Waals surface area contributed by atoms with Crippen LogP contribution in [0.4, 0.5) is 0 Å². The van der Waals surface area contributed by atoms with E-state index in [0.717, 1.165) is 25.1 Å². The number of likely N-dealkylation sites (N-methyl/N-ethyl adjacent to an activating group) is 1. The first kappa shape index (κ1) is 16.1. The quantitative estimate of drug-likeness (QED) is 0.903. The van der Waals surface area contributed by atoms with Crippen LogP contribution < -0.4 is 5.73 Å². The lowest BCUT2D eigenvalue weighted by molar-refractivity contribution is -0.00777. The third-order valence-electron chi connectivity index (χ3n) is 3.86. The highest BCUT2D eigenvalue weighted by Crippen LogP contribution is 2.32. The molecule has 1 aliphatic rings. The molecule has 1 aliphatic heterocycles. The maximum absolute atomic E-state index is 6.31. The number of halogens is 2. The fourth-order valence-corrected chi connectivity index (χ4v) is 3.16. The molecule has 1 heterocycles. The maximum Gasteiger partial charge on any atom is 0.0702 e. The molecule has 2 rings (SSSR count). The number of nitrogens with zero attached hydrogens (tertiary/aromatic N) is 1. The monoisotopic (exact) mass is 316 g/mol. The van der Waals surface area contributed by atoms with Gasteiger partial charge in [0.15, 0.2) is 0 Å². The van der Waals surface area contributed by atoms with Crippen molar-refractivity contribution in [3.63, 3.8) is 0 Å². The van der Waals surface area contributed by atoms with Crippen molar-refractivity contribution in [1.82, 2.24) is 4.90 Å². The molecular weight excluding hydrogens is 295 g/mol. The van der Waals surface area contributed by atoms with Crippen LogP contribution in [-0.4, -0.2) is 37.7 Å². The lowest BCUT2D eigenvalue weighted by Gasteiger charge is -2.33. The van der Waals surface area contributed by atoms with Gasteiger partial charge in [0.2, 0.25) is 0 Å². The molecule has 20 heavy (non-hydrogen) atoms. The van der Waals surface area contributed by atoms with E-state index in [4.69, 9.17) is 33.7 Å². The summed E-state index contributed by atoms with van der Waals surface area (Å²) in [6.45, 7) is 2.23. The molecule has 0 aliphatic carbocycles. The molecule has 112 valence electrons. The molecule has 0 radical (unpaired) electrons. The number of hydrogen-bond donors (Lipinski definition) is 1. The smallest absolute Gasteiger partial charge is 0.0702 e. The lowest BCUT2D eigenvalue weighted by atomic mass is 10.0. The Labute approximate surface area is 131 Å². The Hall–Kier alpha value is -0.320. The van der Waals surface area contributed by atoms with Crippen molar-refractivity contribution in [2.24, 2.45) is 5.73 Å². The Morgan fingerprint density at radius 3 is 2.85 bits per heavy atom. The molecule has 5 heteroatoms. The highest BCUT2D eigenvalue weighted by molar-refractivity contribution is 6.42. The van der Waals surface area contributed by atoms with Crippen LogP contribution in [0.5, 0.6) is 0 Å². The lowest BCUT2D eigenvalue weighted by Crippen LogP contribution is -2.38. The summed E-state index contributed by atoms with van der Waals surface area (Å²) in [5, 5.41) is 1.17. The minimum absolute atomic E-state index is 0.0618. The minimum atomic E-state index is 0.0618. The molecule has 0 spiro atoms. The molecule has 0 aromatic heterocycles. The largest absolute Gasteiger partial charge is 0.377 e. The van der Waals surface area contributed by atoms with E-state index in [-0.39, 0.29) is 6.04 Å². The van der Waals surface area contributed by atoms with Gasteiger partial charge in [-0.05, 0) is 37.9 Å². The molecule has 1 fully saturated rings. The van der Waals surface area contributed by atoms with E-state index in [1.54, 1.807) is 6.07 Å². The molecule has 3 nitrogen and oxygen atoms in total. The Morgan fingerprint density at radius 2 is 2.20 bits per heavy atom. The third-order valence-corrected chi connectivity index (χ3v) is 4.69. The van der Waals surface area contributed by atoms with Crippen molar-refractivity contribution in [2.75, 3.05) is 26.7 Å². The summed E-state index contributed by atoms with van der Waals surface area (Å²) in [6.07, 6.45) is 3.82. The van der Waals surface area contributed by atoms with E-state index >= 15 is 0 Å². The molecule has 2 N–H and O–H groups in total. The van der Waals surface area contributed by atoms with Gasteiger partial charge in [0.25, 0.3) is 0 Å². The first-order valence-electron chi connectivity index (χ1n) is 7.09. The van der Waals surface area contributed by atoms with Crippen LogP contribution in [0.1, 0.15) is 30.9 Å². The molecule has 2 unspecified atom stereocenters. The Balaban J connectivity index is 2.08. The zero-order valence-electron chi connectivity index (χ0n) is 11.8. The Bertz CT molecular complexity index is 436. The number of nitrogens with two attached hydrogens (primary N) is 1. The van der Waals surface area contributed by atoms with Gasteiger partial charge in [0.05, 0.1) is 16.1 Å². The predicted octanol–water partition coefficient (Wildman–Crippen LogP) is 3.49. The average molecular weight is 317 g/mol. The van der Waals surface area contributed by atoms with Gasteiger partial charge in [-0.15, -0.1) is 0 Å². The van der Waals surface area contributed by atoms with Gasteiger partial charge in [-0.1, -0.05) is 35.3 Å². The molecular formula is C15H22Cl2N2O. The van der Waals surface area contributed by atoms with E-state index in [1.807, 2.05) is 12.1 Å². The summed E-state index contributed by atoms with van der Waals surface area (Å²) in [7, 11) is 2.06. The number of hydrogen-bond acceptors (Lipinski definition) is 3. The van der Waals surface area contributed by atoms with Gasteiger partial charge in [-0.2, -0.15) is 0 Å². The van der Waals surface area contributed by atoms with E-state index in [1.165, 1.54) is 12.8 Å². The summed E-state index contributed by atoms with van der Waals surface area (Å²) in [6, 6.07) is 5.76. The number of rotatable bonds is 5. The normalized spacial score (nSPS) is 21.1. The van der Waals surface area contributed by atoms with Crippen LogP contribution in [0.3, 0.4) is 0 Å². The summed E-state index contributed by atoms with van der Waals surface area (Å²) in [5.74, 6) is 0. The van der Waals surface area contributed by atoms with Crippen molar-refractivity contribution < 1.29 is 4.74 Å². The fraction of sp³-hybridized carbons (Fsp3) is 0.600. The highest BCUT2D eigenvalue weighted by Gasteiger charge is 2.23. The Morgan fingerprint density at radius 1 is 1.40 bits per heavy atom. The molecule has 0 saturated carbocycles. The topological polar surface area (TPSA) is 38.5 Å². The van der Waals surface area contributed by atoms with E-state index < -0.39 is 0 Å². The molecule has 1 saturated heterocycles. The summed E-state index contributed by atoms with van der Waals surface area (Å²) in [4.78, 5) is 2.22. The summed E-state index contributed by atoms with van der Waals surface area (Å²) >= 11 is 12.4. The zero-order chi connectivity index (χ0) is 14.5. The van der Waals surface area contributed by atoms with E-state index in [2.05, 4.69) is 11.9 Å². The van der Waals surface area contributed by atoms with Gasteiger partial charge >= 0.3 is 0 Å². The molecule has 2 atom stereocenters. The fourth-order valence-electron chi connectivity index (χ4n) is 2.72. The van der Waals surface area contributed by atoms with Crippen LogP contribution in [-0.2, 0) is 4.74 Å². The number of ether oxygens (including phenoxy) is 1. The molecule has 1 aromatic carbocycles. The van der Waals surface area contributed by atoms with Crippen LogP contribution in [0.25, 0.3) is 0 Å². The number of benzene rings is 1. The Kier molecular flexibility index (Phi) is 6.12. The standard InChI is InChI=1S/C15H22Cl2N2O/c1-19(10-11-5-2-3-8-20-11)14(9-18)12-6-4-7-13(16)15(12)17/h4,6-7,11,14H,2-3,5,8-10,18H2,1H3. The van der Waals surface area contributed by atoms with Crippen molar-refractivity contribution in [3.8, 4) is 0 Å². The van der Waals surface area contributed by atoms with E-state index in [0.29, 0.717) is 22.7 Å². The first-order chi connectivity index (χ1) is 9.63. The van der Waals surface area contributed by atoms with Crippen LogP contribution in [0.2, 0.25) is 10.0 Å². The predicted molar refractivity (Wildman–Crippen MR) is 84.5 cm³/mol. The zero-order valence-corrected chi connectivity index (χ0v) is 13.3. The van der Waals surface area contributed by atoms with Crippen molar-refractivity contribution in [3.05, 3.63) is 33.8 Å². The minimum Gasteiger partial charge on any atom is -0.377 e. The second kappa shape index (κ2) is 7.62. The second-order valence-electron chi connectivity index (χ2n) is 5.32. The van der Waals surface area contributed by atoms with Crippen molar-refractivity contribution in [1.29, 1.82) is 0 Å². The van der Waals surface area contributed by atoms with Gasteiger partial charge in [-0.3, -0.25) is 4.90 Å².